The third-order valence-corrected chi connectivity index (χ3v) is 14.2. The van der Waals surface area contributed by atoms with Crippen LogP contribution in [0.3, 0.4) is 0 Å². The first-order chi connectivity index (χ1) is 22.4. The number of anilines is 4. The highest BCUT2D eigenvalue weighted by Crippen LogP contribution is 2.44. The van der Waals surface area contributed by atoms with Crippen LogP contribution in [0.1, 0.15) is 54.0 Å². The SMILES string of the molecule is COc1ccc(N2CCN(C)CC2)cc1Nc1nccc(-c2cnc3c(c2)C(C)(CO[Si](C)(C)C(C)(C)C)CN3C(=O)OC(C)(C)C)n1. The summed E-state index contributed by atoms with van der Waals surface area (Å²) in [6, 6.07) is 10.1. The van der Waals surface area contributed by atoms with Crippen molar-refractivity contribution in [2.24, 2.45) is 0 Å². The number of carbonyl (C=O) groups excluding carboxylic acids is 1. The molecule has 0 radical (unpaired) electrons. The third-order valence-electron chi connectivity index (χ3n) is 9.70. The van der Waals surface area contributed by atoms with Crippen molar-refractivity contribution in [1.29, 1.82) is 0 Å². The van der Waals surface area contributed by atoms with Gasteiger partial charge in [0.25, 0.3) is 0 Å². The fourth-order valence-corrected chi connectivity index (χ4v) is 6.78. The molecule has 4 heterocycles. The summed E-state index contributed by atoms with van der Waals surface area (Å²) in [5.41, 5.74) is 3.24. The lowest BCUT2D eigenvalue weighted by Crippen LogP contribution is -2.46. The van der Waals surface area contributed by atoms with Crippen LogP contribution in [0.5, 0.6) is 5.75 Å². The van der Waals surface area contributed by atoms with Crippen LogP contribution >= 0.6 is 0 Å². The van der Waals surface area contributed by atoms with E-state index in [1.165, 1.54) is 0 Å². The van der Waals surface area contributed by atoms with E-state index in [1.54, 1.807) is 24.4 Å². The minimum absolute atomic E-state index is 0.0484. The van der Waals surface area contributed by atoms with Gasteiger partial charge in [0.15, 0.2) is 8.32 Å². The molecule has 1 aromatic carbocycles. The van der Waals surface area contributed by atoms with Crippen molar-refractivity contribution in [3.05, 3.63) is 48.3 Å². The van der Waals surface area contributed by atoms with Gasteiger partial charge < -0.3 is 29.0 Å². The van der Waals surface area contributed by atoms with Gasteiger partial charge >= 0.3 is 6.09 Å². The Kier molecular flexibility index (Phi) is 9.84. The van der Waals surface area contributed by atoms with Crippen LogP contribution < -0.4 is 19.9 Å². The highest BCUT2D eigenvalue weighted by Gasteiger charge is 2.47. The number of aromatic nitrogens is 3. The summed E-state index contributed by atoms with van der Waals surface area (Å²) in [5, 5.41) is 3.44. The van der Waals surface area contributed by atoms with Gasteiger partial charge in [0.2, 0.25) is 5.95 Å². The number of likely N-dealkylation sites (N-methyl/N-ethyl adjacent to an activating group) is 1. The molecule has 3 aromatic rings. The molecule has 1 N–H and O–H groups in total. The number of carbonyl (C=O) groups is 1. The Morgan fingerprint density at radius 3 is 2.38 bits per heavy atom. The maximum Gasteiger partial charge on any atom is 0.416 e. The van der Waals surface area contributed by atoms with E-state index in [0.29, 0.717) is 36.4 Å². The Morgan fingerprint density at radius 1 is 1.02 bits per heavy atom. The first-order valence-electron chi connectivity index (χ1n) is 16.8. The lowest BCUT2D eigenvalue weighted by Gasteiger charge is -2.39. The average molecular weight is 676 g/mol. The number of amides is 1. The third kappa shape index (κ3) is 7.76. The van der Waals surface area contributed by atoms with Gasteiger partial charge in [-0.05, 0) is 76.3 Å². The first kappa shape index (κ1) is 35.6. The second-order valence-electron chi connectivity index (χ2n) is 15.8. The number of rotatable bonds is 8. The highest BCUT2D eigenvalue weighted by atomic mass is 28.4. The molecule has 260 valence electrons. The molecule has 48 heavy (non-hydrogen) atoms. The van der Waals surface area contributed by atoms with E-state index in [9.17, 15) is 4.79 Å². The predicted molar refractivity (Wildman–Crippen MR) is 195 cm³/mol. The molecule has 0 saturated carbocycles. The van der Waals surface area contributed by atoms with Crippen molar-refractivity contribution in [2.75, 3.05) is 68.6 Å². The average Bonchev–Trinajstić information content (AvgIpc) is 3.31. The summed E-state index contributed by atoms with van der Waals surface area (Å²) < 4.78 is 18.2. The first-order valence-corrected chi connectivity index (χ1v) is 19.7. The number of nitrogens with one attached hydrogen (secondary N) is 1. The molecule has 0 bridgehead atoms. The molecule has 2 aromatic heterocycles. The Balaban J connectivity index is 1.46. The van der Waals surface area contributed by atoms with Gasteiger partial charge in [-0.3, -0.25) is 4.90 Å². The monoisotopic (exact) mass is 675 g/mol. The van der Waals surface area contributed by atoms with Crippen LogP contribution in [0.25, 0.3) is 11.3 Å². The van der Waals surface area contributed by atoms with E-state index in [-0.39, 0.29) is 5.04 Å². The fourth-order valence-electron chi connectivity index (χ4n) is 5.67. The zero-order chi connectivity index (χ0) is 35.1. The minimum atomic E-state index is -2.08. The van der Waals surface area contributed by atoms with Crippen molar-refractivity contribution in [3.8, 4) is 17.0 Å². The van der Waals surface area contributed by atoms with Gasteiger partial charge in [0.1, 0.15) is 17.2 Å². The number of ether oxygens (including phenoxy) is 2. The van der Waals surface area contributed by atoms with Gasteiger partial charge in [-0.1, -0.05) is 27.7 Å². The van der Waals surface area contributed by atoms with Crippen molar-refractivity contribution in [3.63, 3.8) is 0 Å². The lowest BCUT2D eigenvalue weighted by molar-refractivity contribution is 0.0574. The molecule has 12 heteroatoms. The van der Waals surface area contributed by atoms with Crippen LogP contribution in [0.15, 0.2) is 42.7 Å². The van der Waals surface area contributed by atoms with Gasteiger partial charge in [-0.2, -0.15) is 0 Å². The number of methoxy groups -OCH3 is 1. The van der Waals surface area contributed by atoms with E-state index in [0.717, 1.165) is 48.7 Å². The Morgan fingerprint density at radius 2 is 1.73 bits per heavy atom. The standard InChI is InChI=1S/C36H53N7O4Si/c1-34(2,3)47-33(44)43-23-36(7,24-46-48(10,11)35(4,5)6)27-20-25(22-38-31(27)43)28-14-15-37-32(39-28)40-29-21-26(12-13-30(29)45-9)42-18-16-41(8)17-19-42/h12-15,20-22H,16-19,23-24H2,1-11H3,(H,37,39,40). The summed E-state index contributed by atoms with van der Waals surface area (Å²) in [7, 11) is 1.74. The van der Waals surface area contributed by atoms with E-state index in [4.69, 9.17) is 23.9 Å². The van der Waals surface area contributed by atoms with Crippen LogP contribution in [0.2, 0.25) is 18.1 Å². The topological polar surface area (TPSA) is 105 Å². The predicted octanol–water partition coefficient (Wildman–Crippen LogP) is 7.08. The summed E-state index contributed by atoms with van der Waals surface area (Å²) in [6.07, 6.45) is 3.08. The van der Waals surface area contributed by atoms with Crippen LogP contribution in [0, 0.1) is 0 Å². The highest BCUT2D eigenvalue weighted by molar-refractivity contribution is 6.74. The minimum Gasteiger partial charge on any atom is -0.495 e. The summed E-state index contributed by atoms with van der Waals surface area (Å²) in [5.74, 6) is 1.74. The Hall–Kier alpha value is -3.74. The number of hydrogen-bond donors (Lipinski definition) is 1. The summed E-state index contributed by atoms with van der Waals surface area (Å²) in [4.78, 5) is 34.1. The molecule has 0 spiro atoms. The second kappa shape index (κ2) is 13.3. The molecule has 1 atom stereocenters. The lowest BCUT2D eigenvalue weighted by atomic mass is 9.85. The van der Waals surface area contributed by atoms with Gasteiger partial charge in [-0.25, -0.2) is 19.7 Å². The van der Waals surface area contributed by atoms with Crippen molar-refractivity contribution in [2.45, 2.75) is 77.6 Å². The molecule has 1 unspecified atom stereocenters. The molecule has 1 saturated heterocycles. The maximum atomic E-state index is 13.4. The number of nitrogens with zero attached hydrogens (tertiary/aromatic N) is 6. The molecule has 11 nitrogen and oxygen atoms in total. The van der Waals surface area contributed by atoms with Crippen molar-refractivity contribution in [1.82, 2.24) is 19.9 Å². The van der Waals surface area contributed by atoms with Crippen molar-refractivity contribution >= 4 is 37.6 Å². The molecule has 1 amide bonds. The summed E-state index contributed by atoms with van der Waals surface area (Å²) in [6.45, 7) is 23.8. The van der Waals surface area contributed by atoms with Gasteiger partial charge in [-0.15, -0.1) is 0 Å². The molecule has 1 fully saturated rings. The van der Waals surface area contributed by atoms with Crippen LogP contribution in [-0.2, 0) is 14.6 Å². The maximum absolute atomic E-state index is 13.4. The fraction of sp³-hybridized carbons (Fsp3) is 0.556. The van der Waals surface area contributed by atoms with E-state index < -0.39 is 25.4 Å². The molecule has 2 aliphatic heterocycles. The normalized spacial score (nSPS) is 18.9. The Labute approximate surface area is 287 Å². The van der Waals surface area contributed by atoms with Crippen LogP contribution in [-0.4, -0.2) is 93.4 Å². The quantitative estimate of drug-likeness (QED) is 0.249. The van der Waals surface area contributed by atoms with Gasteiger partial charge in [0.05, 0.1) is 18.5 Å². The molecular formula is C36H53N7O4Si. The summed E-state index contributed by atoms with van der Waals surface area (Å²) >= 11 is 0. The molecule has 2 aliphatic rings. The van der Waals surface area contributed by atoms with Crippen molar-refractivity contribution < 1.29 is 18.7 Å². The molecule has 5 rings (SSSR count). The Bertz CT molecular complexity index is 1630. The number of hydrogen-bond acceptors (Lipinski definition) is 10. The zero-order valence-electron chi connectivity index (χ0n) is 30.6. The number of fused-ring (bicyclic) bond motifs is 1. The number of pyridine rings is 1. The zero-order valence-corrected chi connectivity index (χ0v) is 31.6. The van der Waals surface area contributed by atoms with Gasteiger partial charge in [0, 0.05) is 74.0 Å². The van der Waals surface area contributed by atoms with E-state index in [1.807, 2.05) is 32.9 Å². The number of piperazine rings is 1. The largest absolute Gasteiger partial charge is 0.495 e. The van der Waals surface area contributed by atoms with E-state index >= 15 is 0 Å². The second-order valence-corrected chi connectivity index (χ2v) is 20.6. The molecular weight excluding hydrogens is 623 g/mol. The van der Waals surface area contributed by atoms with E-state index in [2.05, 4.69) is 86.1 Å². The van der Waals surface area contributed by atoms with Crippen LogP contribution in [0.4, 0.5) is 27.9 Å². The smallest absolute Gasteiger partial charge is 0.416 e. The number of benzene rings is 1. The molecule has 0 aliphatic carbocycles.